The van der Waals surface area contributed by atoms with Crippen LogP contribution in [0.5, 0.6) is 5.75 Å². The van der Waals surface area contributed by atoms with Gasteiger partial charge in [0.15, 0.2) is 0 Å². The van der Waals surface area contributed by atoms with E-state index in [1.165, 1.54) is 12.8 Å². The molecule has 2 saturated heterocycles. The predicted octanol–water partition coefficient (Wildman–Crippen LogP) is 5.50. The van der Waals surface area contributed by atoms with Crippen LogP contribution in [0, 0.1) is 5.92 Å². The highest BCUT2D eigenvalue weighted by Gasteiger charge is 2.38. The Bertz CT molecular complexity index is 601. The van der Waals surface area contributed by atoms with Gasteiger partial charge in [-0.2, -0.15) is 0 Å². The second kappa shape index (κ2) is 11.0. The van der Waals surface area contributed by atoms with Gasteiger partial charge >= 0.3 is 0 Å². The molecule has 0 aromatic heterocycles. The van der Waals surface area contributed by atoms with Gasteiger partial charge in [-0.15, -0.1) is 0 Å². The summed E-state index contributed by atoms with van der Waals surface area (Å²) >= 11 is 0. The predicted molar refractivity (Wildman–Crippen MR) is 108 cm³/mol. The number of hydrogen-bond acceptors (Lipinski definition) is 5. The molecule has 2 fully saturated rings. The topological polar surface area (TPSA) is 46.2 Å². The third-order valence-corrected chi connectivity index (χ3v) is 5.72. The van der Waals surface area contributed by atoms with Crippen LogP contribution >= 0.6 is 0 Å². The van der Waals surface area contributed by atoms with E-state index in [2.05, 4.69) is 25.1 Å². The first-order valence-electron chi connectivity index (χ1n) is 10.6. The zero-order valence-electron chi connectivity index (χ0n) is 17.2. The minimum atomic E-state index is -0.429. The summed E-state index contributed by atoms with van der Waals surface area (Å²) in [6, 6.07) is 8.07. The molecule has 1 aromatic rings. The molecular weight excluding hydrogens is 356 g/mol. The number of methoxy groups -OCH3 is 1. The van der Waals surface area contributed by atoms with Gasteiger partial charge in [0.1, 0.15) is 11.4 Å². The van der Waals surface area contributed by atoms with Crippen molar-refractivity contribution < 1.29 is 24.3 Å². The van der Waals surface area contributed by atoms with E-state index in [-0.39, 0.29) is 6.10 Å². The van der Waals surface area contributed by atoms with Crippen molar-refractivity contribution >= 4 is 0 Å². The summed E-state index contributed by atoms with van der Waals surface area (Å²) in [6.07, 6.45) is 13.2. The molecule has 0 N–H and O–H groups in total. The van der Waals surface area contributed by atoms with Gasteiger partial charge in [-0.3, -0.25) is 0 Å². The normalized spacial score (nSPS) is 27.4. The summed E-state index contributed by atoms with van der Waals surface area (Å²) in [4.78, 5) is 21.9. The van der Waals surface area contributed by atoms with Gasteiger partial charge in [-0.1, -0.05) is 44.1 Å². The van der Waals surface area contributed by atoms with E-state index < -0.39 is 5.60 Å². The van der Waals surface area contributed by atoms with Crippen molar-refractivity contribution in [1.29, 1.82) is 0 Å². The fourth-order valence-electron chi connectivity index (χ4n) is 3.89. The maximum Gasteiger partial charge on any atom is 0.134 e. The minimum absolute atomic E-state index is 0.228. The molecule has 2 heterocycles. The molecule has 28 heavy (non-hydrogen) atoms. The highest BCUT2D eigenvalue weighted by molar-refractivity contribution is 5.33. The first-order valence-corrected chi connectivity index (χ1v) is 10.6. The maximum atomic E-state index is 5.75. The minimum Gasteiger partial charge on any atom is -0.497 e. The largest absolute Gasteiger partial charge is 0.497 e. The Hall–Kier alpha value is -1.40. The van der Waals surface area contributed by atoms with E-state index in [1.807, 2.05) is 18.2 Å². The average Bonchev–Trinajstić information content (AvgIpc) is 3.17. The quantitative estimate of drug-likeness (QED) is 0.433. The van der Waals surface area contributed by atoms with E-state index >= 15 is 0 Å². The van der Waals surface area contributed by atoms with E-state index in [0.717, 1.165) is 56.4 Å². The zero-order chi connectivity index (χ0) is 19.7. The van der Waals surface area contributed by atoms with Crippen molar-refractivity contribution in [1.82, 2.24) is 0 Å². The summed E-state index contributed by atoms with van der Waals surface area (Å²) in [5, 5.41) is 0. The molecule has 3 atom stereocenters. The zero-order valence-corrected chi connectivity index (χ0v) is 17.2. The first-order chi connectivity index (χ1) is 13.7. The Kier molecular flexibility index (Phi) is 8.34. The number of hydrogen-bond donors (Lipinski definition) is 0. The maximum absolute atomic E-state index is 5.75. The Balaban J connectivity index is 1.52. The smallest absolute Gasteiger partial charge is 0.134 e. The Morgan fingerprint density at radius 3 is 2.96 bits per heavy atom. The van der Waals surface area contributed by atoms with Crippen LogP contribution in [0.1, 0.15) is 63.9 Å². The highest BCUT2D eigenvalue weighted by atomic mass is 17.2. The Labute approximate surface area is 168 Å². The third-order valence-electron chi connectivity index (χ3n) is 5.72. The number of ether oxygens (including phenoxy) is 1. The lowest BCUT2D eigenvalue weighted by molar-refractivity contribution is -0.330. The van der Waals surface area contributed by atoms with Crippen LogP contribution in [0.4, 0.5) is 0 Å². The van der Waals surface area contributed by atoms with Crippen LogP contribution in [0.3, 0.4) is 0 Å². The molecular formula is C23H34O5. The molecule has 0 amide bonds. The monoisotopic (exact) mass is 390 g/mol. The summed E-state index contributed by atoms with van der Waals surface area (Å²) in [5.41, 5.74) is 0.669. The first kappa shape index (κ1) is 21.3. The van der Waals surface area contributed by atoms with Gasteiger partial charge in [-0.25, -0.2) is 19.6 Å². The summed E-state index contributed by atoms with van der Waals surface area (Å²) in [6.45, 7) is 3.59. The molecule has 2 aliphatic rings. The number of rotatable bonds is 8. The fraction of sp³-hybridized carbons (Fsp3) is 0.652. The average molecular weight is 391 g/mol. The molecule has 2 aliphatic heterocycles. The Morgan fingerprint density at radius 1 is 1.21 bits per heavy atom. The Morgan fingerprint density at radius 2 is 2.14 bits per heavy atom. The van der Waals surface area contributed by atoms with E-state index in [0.29, 0.717) is 12.5 Å². The lowest BCUT2D eigenvalue weighted by Gasteiger charge is -2.25. The fourth-order valence-corrected chi connectivity index (χ4v) is 3.89. The third kappa shape index (κ3) is 6.05. The van der Waals surface area contributed by atoms with Gasteiger partial charge in [0.05, 0.1) is 26.4 Å². The standard InChI is InChI=1S/C23H34O5/c1-19(12-13-21-10-4-3-5-16-25-27-21)8-7-14-23(15-17-26-28-23)20-9-6-11-22(18-20)24-2/h6-9,11,18-19,21H,3-5,10,12-17H2,1-2H3/b8-7+. The van der Waals surface area contributed by atoms with Gasteiger partial charge in [-0.05, 0) is 49.3 Å². The van der Waals surface area contributed by atoms with Crippen LogP contribution in [0.15, 0.2) is 36.4 Å². The van der Waals surface area contributed by atoms with Crippen molar-refractivity contribution in [2.75, 3.05) is 20.3 Å². The molecule has 3 rings (SSSR count). The second-order valence-corrected chi connectivity index (χ2v) is 7.96. The van der Waals surface area contributed by atoms with Gasteiger partial charge in [0, 0.05) is 12.8 Å². The number of allylic oxidation sites excluding steroid dienone is 1. The lowest BCUT2D eigenvalue weighted by atomic mass is 9.87. The summed E-state index contributed by atoms with van der Waals surface area (Å²) in [7, 11) is 1.68. The van der Waals surface area contributed by atoms with Crippen LogP contribution in [0.2, 0.25) is 0 Å². The molecule has 5 nitrogen and oxygen atoms in total. The van der Waals surface area contributed by atoms with Crippen LogP contribution in [-0.2, 0) is 25.2 Å². The van der Waals surface area contributed by atoms with Crippen LogP contribution < -0.4 is 4.74 Å². The van der Waals surface area contributed by atoms with Crippen LogP contribution in [-0.4, -0.2) is 26.4 Å². The van der Waals surface area contributed by atoms with Crippen molar-refractivity contribution in [2.24, 2.45) is 5.92 Å². The van der Waals surface area contributed by atoms with Crippen molar-refractivity contribution in [2.45, 2.75) is 70.0 Å². The van der Waals surface area contributed by atoms with Crippen molar-refractivity contribution in [3.8, 4) is 5.75 Å². The molecule has 0 saturated carbocycles. The highest BCUT2D eigenvalue weighted by Crippen LogP contribution is 2.39. The van der Waals surface area contributed by atoms with Crippen molar-refractivity contribution in [3.05, 3.63) is 42.0 Å². The molecule has 156 valence electrons. The molecule has 0 radical (unpaired) electrons. The van der Waals surface area contributed by atoms with Gasteiger partial charge in [0.2, 0.25) is 0 Å². The SMILES string of the molecule is COc1cccc(C2(C/C=C/C(C)CCC3CCCCCOO3)CCOO2)c1. The molecule has 0 spiro atoms. The summed E-state index contributed by atoms with van der Waals surface area (Å²) < 4.78 is 5.37. The lowest BCUT2D eigenvalue weighted by Crippen LogP contribution is -2.24. The molecule has 0 bridgehead atoms. The van der Waals surface area contributed by atoms with E-state index in [4.69, 9.17) is 24.3 Å². The van der Waals surface area contributed by atoms with Gasteiger partial charge < -0.3 is 4.74 Å². The van der Waals surface area contributed by atoms with Crippen LogP contribution in [0.25, 0.3) is 0 Å². The van der Waals surface area contributed by atoms with Crippen molar-refractivity contribution in [3.63, 3.8) is 0 Å². The molecule has 5 heteroatoms. The van der Waals surface area contributed by atoms with E-state index in [9.17, 15) is 0 Å². The number of benzene rings is 1. The molecule has 3 unspecified atom stereocenters. The van der Waals surface area contributed by atoms with E-state index in [1.54, 1.807) is 7.11 Å². The molecule has 0 aliphatic carbocycles. The second-order valence-electron chi connectivity index (χ2n) is 7.96. The molecule has 1 aromatic carbocycles. The summed E-state index contributed by atoms with van der Waals surface area (Å²) in [5.74, 6) is 1.32. The van der Waals surface area contributed by atoms with Gasteiger partial charge in [0.25, 0.3) is 0 Å².